The van der Waals surface area contributed by atoms with E-state index < -0.39 is 20.7 Å². The van der Waals surface area contributed by atoms with Crippen LogP contribution in [0.3, 0.4) is 0 Å². The molecule has 0 N–H and O–H groups in total. The summed E-state index contributed by atoms with van der Waals surface area (Å²) in [6.45, 7) is 3.17. The number of hydrogen-bond donors (Lipinski definition) is 0. The number of benzene rings is 1. The molecular formula is C12H12ClFN2O3S. The minimum atomic E-state index is -4.14. The summed E-state index contributed by atoms with van der Waals surface area (Å²) in [4.78, 5) is -0.566. The SMILES string of the molecule is Cc1noc(C)c1N(C)S(=O)(=O)c1c(F)cccc1Cl. The summed E-state index contributed by atoms with van der Waals surface area (Å²) in [5.41, 5.74) is 0.658. The van der Waals surface area contributed by atoms with Gasteiger partial charge in [-0.2, -0.15) is 0 Å². The van der Waals surface area contributed by atoms with E-state index in [1.807, 2.05) is 0 Å². The Balaban J connectivity index is 2.62. The van der Waals surface area contributed by atoms with E-state index >= 15 is 0 Å². The minimum absolute atomic E-state index is 0.177. The highest BCUT2D eigenvalue weighted by Crippen LogP contribution is 2.32. The van der Waals surface area contributed by atoms with Crippen LogP contribution in [0.4, 0.5) is 10.1 Å². The molecule has 2 aromatic rings. The molecule has 0 amide bonds. The number of aryl methyl sites for hydroxylation is 2. The standard InChI is InChI=1S/C12H12ClFN2O3S/c1-7-11(8(2)19-15-7)16(3)20(17,18)12-9(13)5-4-6-10(12)14/h4-6H,1-3H3. The lowest BCUT2D eigenvalue weighted by atomic mass is 10.3. The second-order valence-electron chi connectivity index (χ2n) is 4.20. The van der Waals surface area contributed by atoms with Crippen molar-refractivity contribution in [1.82, 2.24) is 5.16 Å². The first-order valence-electron chi connectivity index (χ1n) is 5.62. The Morgan fingerprint density at radius 2 is 2.00 bits per heavy atom. The Morgan fingerprint density at radius 3 is 2.50 bits per heavy atom. The maximum Gasteiger partial charge on any atom is 0.268 e. The molecule has 0 bridgehead atoms. The molecule has 8 heteroatoms. The van der Waals surface area contributed by atoms with E-state index in [1.54, 1.807) is 13.8 Å². The first-order chi connectivity index (χ1) is 9.26. The van der Waals surface area contributed by atoms with Crippen LogP contribution in [-0.2, 0) is 10.0 Å². The van der Waals surface area contributed by atoms with E-state index in [-0.39, 0.29) is 10.7 Å². The van der Waals surface area contributed by atoms with Crippen molar-refractivity contribution in [3.8, 4) is 0 Å². The summed E-state index contributed by atoms with van der Waals surface area (Å²) >= 11 is 5.81. The molecule has 0 aliphatic rings. The van der Waals surface area contributed by atoms with Gasteiger partial charge in [-0.3, -0.25) is 4.31 Å². The van der Waals surface area contributed by atoms with Gasteiger partial charge in [0.05, 0.1) is 5.02 Å². The van der Waals surface area contributed by atoms with Crippen LogP contribution in [0.1, 0.15) is 11.5 Å². The zero-order valence-electron chi connectivity index (χ0n) is 11.0. The van der Waals surface area contributed by atoms with Crippen molar-refractivity contribution >= 4 is 27.3 Å². The van der Waals surface area contributed by atoms with Gasteiger partial charge in [0.1, 0.15) is 22.1 Å². The lowest BCUT2D eigenvalue weighted by Gasteiger charge is -2.19. The average molecular weight is 319 g/mol. The molecule has 0 aliphatic heterocycles. The normalized spacial score (nSPS) is 11.7. The van der Waals surface area contributed by atoms with Crippen LogP contribution < -0.4 is 4.31 Å². The van der Waals surface area contributed by atoms with E-state index in [2.05, 4.69) is 5.16 Å². The van der Waals surface area contributed by atoms with Crippen molar-refractivity contribution in [1.29, 1.82) is 0 Å². The van der Waals surface area contributed by atoms with Crippen LogP contribution in [0, 0.1) is 19.7 Å². The van der Waals surface area contributed by atoms with Crippen LogP contribution >= 0.6 is 11.6 Å². The molecule has 0 fully saturated rings. The van der Waals surface area contributed by atoms with Crippen LogP contribution in [0.25, 0.3) is 0 Å². The quantitative estimate of drug-likeness (QED) is 0.873. The third-order valence-electron chi connectivity index (χ3n) is 2.85. The molecule has 0 saturated heterocycles. The Kier molecular flexibility index (Phi) is 3.75. The number of halogens is 2. The summed E-state index contributed by atoms with van der Waals surface area (Å²) in [5, 5.41) is 3.50. The maximum absolute atomic E-state index is 13.8. The van der Waals surface area contributed by atoms with Crippen molar-refractivity contribution in [2.24, 2.45) is 0 Å². The Morgan fingerprint density at radius 1 is 1.35 bits per heavy atom. The average Bonchev–Trinajstić information content (AvgIpc) is 2.67. The summed E-state index contributed by atoms with van der Waals surface area (Å²) in [7, 11) is -2.85. The predicted molar refractivity (Wildman–Crippen MR) is 73.0 cm³/mol. The fourth-order valence-electron chi connectivity index (χ4n) is 1.91. The molecule has 1 aromatic carbocycles. The highest BCUT2D eigenvalue weighted by Gasteiger charge is 2.30. The number of nitrogens with zero attached hydrogens (tertiary/aromatic N) is 2. The summed E-state index contributed by atoms with van der Waals surface area (Å²) in [5.74, 6) is -0.586. The van der Waals surface area contributed by atoms with Gasteiger partial charge < -0.3 is 4.52 Å². The van der Waals surface area contributed by atoms with Gasteiger partial charge in [0.25, 0.3) is 10.0 Å². The zero-order chi connectivity index (χ0) is 15.1. The highest BCUT2D eigenvalue weighted by atomic mass is 35.5. The highest BCUT2D eigenvalue weighted by molar-refractivity contribution is 7.93. The largest absolute Gasteiger partial charge is 0.359 e. The lowest BCUT2D eigenvalue weighted by Crippen LogP contribution is -2.28. The van der Waals surface area contributed by atoms with Gasteiger partial charge in [-0.1, -0.05) is 22.8 Å². The maximum atomic E-state index is 13.8. The number of sulfonamides is 1. The second-order valence-corrected chi connectivity index (χ2v) is 6.51. The van der Waals surface area contributed by atoms with E-state index in [1.165, 1.54) is 19.2 Å². The molecule has 5 nitrogen and oxygen atoms in total. The van der Waals surface area contributed by atoms with Crippen molar-refractivity contribution in [2.75, 3.05) is 11.4 Å². The van der Waals surface area contributed by atoms with Gasteiger partial charge in [0.2, 0.25) is 0 Å². The molecule has 2 rings (SSSR count). The minimum Gasteiger partial charge on any atom is -0.359 e. The van der Waals surface area contributed by atoms with Crippen LogP contribution in [0.5, 0.6) is 0 Å². The number of aromatic nitrogens is 1. The molecular weight excluding hydrogens is 307 g/mol. The van der Waals surface area contributed by atoms with Crippen LogP contribution in [0.2, 0.25) is 5.02 Å². The van der Waals surface area contributed by atoms with E-state index in [0.29, 0.717) is 11.5 Å². The first kappa shape index (κ1) is 14.8. The molecule has 0 atom stereocenters. The lowest BCUT2D eigenvalue weighted by molar-refractivity contribution is 0.393. The fourth-order valence-corrected chi connectivity index (χ4v) is 3.77. The van der Waals surface area contributed by atoms with Crippen molar-refractivity contribution in [2.45, 2.75) is 18.7 Å². The monoisotopic (exact) mass is 318 g/mol. The van der Waals surface area contributed by atoms with Gasteiger partial charge in [-0.05, 0) is 26.0 Å². The molecule has 108 valence electrons. The van der Waals surface area contributed by atoms with Gasteiger partial charge in [-0.15, -0.1) is 0 Å². The molecule has 1 heterocycles. The second kappa shape index (κ2) is 5.06. The molecule has 0 radical (unpaired) electrons. The topological polar surface area (TPSA) is 63.4 Å². The van der Waals surface area contributed by atoms with E-state index in [4.69, 9.17) is 16.1 Å². The van der Waals surface area contributed by atoms with Gasteiger partial charge in [-0.25, -0.2) is 12.8 Å². The van der Waals surface area contributed by atoms with Crippen molar-refractivity contribution in [3.63, 3.8) is 0 Å². The smallest absolute Gasteiger partial charge is 0.268 e. The van der Waals surface area contributed by atoms with Gasteiger partial charge in [0.15, 0.2) is 5.76 Å². The third kappa shape index (κ3) is 2.27. The van der Waals surface area contributed by atoms with Crippen molar-refractivity contribution < 1.29 is 17.3 Å². The number of rotatable bonds is 3. The Bertz CT molecular complexity index is 718. The number of hydrogen-bond acceptors (Lipinski definition) is 4. The van der Waals surface area contributed by atoms with Crippen LogP contribution in [-0.4, -0.2) is 20.6 Å². The van der Waals surface area contributed by atoms with Crippen LogP contribution in [0.15, 0.2) is 27.6 Å². The Hall–Kier alpha value is -1.60. The molecule has 0 spiro atoms. The van der Waals surface area contributed by atoms with Gasteiger partial charge in [0, 0.05) is 7.05 Å². The van der Waals surface area contributed by atoms with E-state index in [9.17, 15) is 12.8 Å². The van der Waals surface area contributed by atoms with Crippen molar-refractivity contribution in [3.05, 3.63) is 40.5 Å². The zero-order valence-corrected chi connectivity index (χ0v) is 12.6. The number of anilines is 1. The fraction of sp³-hybridized carbons (Fsp3) is 0.250. The van der Waals surface area contributed by atoms with Gasteiger partial charge >= 0.3 is 0 Å². The predicted octanol–water partition coefficient (Wildman–Crippen LogP) is 2.91. The molecule has 0 aliphatic carbocycles. The molecule has 20 heavy (non-hydrogen) atoms. The molecule has 0 unspecified atom stereocenters. The molecule has 1 aromatic heterocycles. The first-order valence-corrected chi connectivity index (χ1v) is 7.44. The third-order valence-corrected chi connectivity index (χ3v) is 5.11. The summed E-state index contributed by atoms with van der Waals surface area (Å²) < 4.78 is 44.7. The van der Waals surface area contributed by atoms with E-state index in [0.717, 1.165) is 10.4 Å². The Labute approximate surface area is 121 Å². The summed E-state index contributed by atoms with van der Waals surface area (Å²) in [6.07, 6.45) is 0. The molecule has 0 saturated carbocycles. The summed E-state index contributed by atoms with van der Waals surface area (Å²) in [6, 6.07) is 3.70.